The maximum Gasteiger partial charge on any atom is 0.322 e. The lowest BCUT2D eigenvalue weighted by molar-refractivity contribution is -0.136. The number of phenolic OH excluding ortho intramolecular Hbond substituents is 3. The number of hydrogen-bond donors (Lipinski definition) is 9. The normalized spacial score (nSPS) is 10.3. The predicted octanol–water partition coefficient (Wildman–Crippen LogP) is 11.6. The second-order valence-electron chi connectivity index (χ2n) is 14.5. The average Bonchev–Trinajstić information content (AvgIpc) is 3.32. The molecule has 9 N–H and O–H groups in total. The molecule has 0 saturated carbocycles. The Kier molecular flexibility index (Phi) is 21.9. The average molecular weight is 1190 g/mol. The van der Waals surface area contributed by atoms with E-state index in [4.69, 9.17) is 99.1 Å². The van der Waals surface area contributed by atoms with Crippen molar-refractivity contribution in [2.24, 2.45) is 0 Å². The maximum atomic E-state index is 11.9. The van der Waals surface area contributed by atoms with Crippen molar-refractivity contribution in [3.63, 3.8) is 0 Å². The molecule has 0 aliphatic rings. The molecule has 3 amide bonds. The standard InChI is InChI=1S/C17H15Cl2NO5.C16H13Cl2NO5.C15H10BrCl2NO5/c1-2-9-5-11(3-4-14(9)21)25-16-12(18)6-10(7-13(16)19)17(24)20-8-15(22)23;1-8-4-10(2-3-13(8)20)24-15-11(17)5-9(6-12(15)18)16(23)19-7-14(21)22;16-9-5-8(1-2-12(9)20)24-14-10(17)3-7(4-11(14)18)15(23)19-6-13(21)22/h3-7,21H,2,8H2,1H3,(H,20,24)(H,22,23);2-6,20H,7H2,1H3,(H,19,23)(H,21,22);1-5,20H,6H2,(H,19,23)(H,21,22). The molecule has 384 valence electrons. The molecule has 0 aromatic heterocycles. The van der Waals surface area contributed by atoms with Crippen LogP contribution in [0.4, 0.5) is 0 Å². The predicted molar refractivity (Wildman–Crippen MR) is 276 cm³/mol. The number of carboxylic acid groups (broad SMARTS) is 3. The number of carbonyl (C=O) groups is 6. The van der Waals surface area contributed by atoms with Crippen LogP contribution in [0.5, 0.6) is 51.7 Å². The third-order valence-corrected chi connectivity index (χ3v) is 11.5. The molecule has 25 heteroatoms. The van der Waals surface area contributed by atoms with Crippen molar-refractivity contribution in [1.29, 1.82) is 0 Å². The van der Waals surface area contributed by atoms with E-state index in [1.807, 2.05) is 6.92 Å². The van der Waals surface area contributed by atoms with Gasteiger partial charge in [0.05, 0.1) is 34.6 Å². The SMILES string of the molecule is CCc1cc(Oc2c(Cl)cc(C(=O)NCC(=O)O)cc2Cl)ccc1O.Cc1cc(Oc2c(Cl)cc(C(=O)NCC(=O)O)cc2Cl)ccc1O.O=C(O)CNC(=O)c1cc(Cl)c(Oc2ccc(O)c(Br)c2)c(Cl)c1. The Hall–Kier alpha value is -6.84. The number of amides is 3. The molecule has 6 aromatic carbocycles. The molecule has 0 radical (unpaired) electrons. The Morgan fingerprint density at radius 2 is 0.767 bits per heavy atom. The molecule has 0 saturated heterocycles. The number of rotatable bonds is 16. The topological polar surface area (TPSA) is 288 Å². The van der Waals surface area contributed by atoms with Crippen molar-refractivity contribution in [1.82, 2.24) is 16.0 Å². The zero-order chi connectivity index (χ0) is 54.3. The summed E-state index contributed by atoms with van der Waals surface area (Å²) in [6, 6.07) is 21.8. The van der Waals surface area contributed by atoms with E-state index in [0.29, 0.717) is 39.3 Å². The lowest BCUT2D eigenvalue weighted by atomic mass is 10.1. The van der Waals surface area contributed by atoms with Gasteiger partial charge in [0.1, 0.15) is 54.1 Å². The number of phenols is 3. The number of carboxylic acids is 3. The zero-order valence-corrected chi connectivity index (χ0v) is 43.6. The lowest BCUT2D eigenvalue weighted by Crippen LogP contribution is -2.29. The Bertz CT molecular complexity index is 2880. The molecule has 6 rings (SSSR count). The molecule has 0 atom stereocenters. The highest BCUT2D eigenvalue weighted by molar-refractivity contribution is 9.10. The Labute approximate surface area is 453 Å². The Morgan fingerprint density at radius 3 is 1.07 bits per heavy atom. The first-order valence-electron chi connectivity index (χ1n) is 20.5. The minimum absolute atomic E-state index is 0.0463. The van der Waals surface area contributed by atoms with E-state index in [-0.39, 0.29) is 81.3 Å². The van der Waals surface area contributed by atoms with E-state index >= 15 is 0 Å². The van der Waals surface area contributed by atoms with Gasteiger partial charge in [-0.15, -0.1) is 0 Å². The Morgan fingerprint density at radius 1 is 0.466 bits per heavy atom. The van der Waals surface area contributed by atoms with Crippen molar-refractivity contribution in [2.75, 3.05) is 19.6 Å². The second-order valence-corrected chi connectivity index (χ2v) is 17.8. The zero-order valence-electron chi connectivity index (χ0n) is 37.5. The summed E-state index contributed by atoms with van der Waals surface area (Å²) in [5, 5.41) is 61.6. The molecule has 0 heterocycles. The summed E-state index contributed by atoms with van der Waals surface area (Å²) in [6.07, 6.45) is 0.618. The number of benzene rings is 6. The second kappa shape index (κ2) is 27.3. The van der Waals surface area contributed by atoms with E-state index in [2.05, 4.69) is 31.9 Å². The van der Waals surface area contributed by atoms with E-state index < -0.39 is 55.3 Å². The van der Waals surface area contributed by atoms with Crippen molar-refractivity contribution in [3.8, 4) is 51.7 Å². The van der Waals surface area contributed by atoms with Crippen LogP contribution >= 0.6 is 85.5 Å². The van der Waals surface area contributed by atoms with Gasteiger partial charge in [-0.3, -0.25) is 28.8 Å². The van der Waals surface area contributed by atoms with Crippen LogP contribution in [-0.4, -0.2) is 85.9 Å². The van der Waals surface area contributed by atoms with Crippen molar-refractivity contribution in [2.45, 2.75) is 20.3 Å². The van der Waals surface area contributed by atoms with Crippen LogP contribution in [0.2, 0.25) is 30.1 Å². The van der Waals surface area contributed by atoms with Crippen LogP contribution in [-0.2, 0) is 20.8 Å². The molecule has 0 bridgehead atoms. The molecule has 0 unspecified atom stereocenters. The van der Waals surface area contributed by atoms with Crippen LogP contribution < -0.4 is 30.2 Å². The van der Waals surface area contributed by atoms with Gasteiger partial charge in [0.15, 0.2) is 17.2 Å². The minimum atomic E-state index is -1.17. The molecule has 18 nitrogen and oxygen atoms in total. The molecule has 0 fully saturated rings. The number of aliphatic carboxylic acids is 3. The first kappa shape index (κ1) is 58.7. The highest BCUT2D eigenvalue weighted by Gasteiger charge is 2.19. The van der Waals surface area contributed by atoms with Crippen molar-refractivity contribution < 1.29 is 73.6 Å². The number of aromatic hydroxyl groups is 3. The van der Waals surface area contributed by atoms with Crippen molar-refractivity contribution >= 4 is 121 Å². The van der Waals surface area contributed by atoms with E-state index in [0.717, 1.165) is 0 Å². The summed E-state index contributed by atoms with van der Waals surface area (Å²) in [7, 11) is 0. The summed E-state index contributed by atoms with van der Waals surface area (Å²) in [4.78, 5) is 67.0. The fourth-order valence-electron chi connectivity index (χ4n) is 5.64. The highest BCUT2D eigenvalue weighted by atomic mass is 79.9. The van der Waals surface area contributed by atoms with Gasteiger partial charge in [-0.05, 0) is 131 Å². The van der Waals surface area contributed by atoms with Crippen molar-refractivity contribution in [3.05, 3.63) is 153 Å². The molecule has 0 aliphatic heterocycles. The van der Waals surface area contributed by atoms with Gasteiger partial charge in [-0.2, -0.15) is 0 Å². The summed E-state index contributed by atoms with van der Waals surface area (Å²) in [5.41, 5.74) is 1.65. The van der Waals surface area contributed by atoms with Crippen LogP contribution in [0, 0.1) is 6.92 Å². The molecular formula is C48H38BrCl6N3O15. The molecular weight excluding hydrogens is 1150 g/mol. The van der Waals surface area contributed by atoms with Gasteiger partial charge in [-0.1, -0.05) is 76.5 Å². The third kappa shape index (κ3) is 17.7. The first-order chi connectivity index (χ1) is 34.4. The van der Waals surface area contributed by atoms with E-state index in [1.54, 1.807) is 31.2 Å². The molecule has 73 heavy (non-hydrogen) atoms. The van der Waals surface area contributed by atoms with Gasteiger partial charge in [-0.25, -0.2) is 0 Å². The quantitative estimate of drug-likeness (QED) is 0.0435. The number of hydrogen-bond acceptors (Lipinski definition) is 12. The lowest BCUT2D eigenvalue weighted by Gasteiger charge is -2.12. The molecule has 0 spiro atoms. The van der Waals surface area contributed by atoms with Gasteiger partial charge >= 0.3 is 17.9 Å². The first-order valence-corrected chi connectivity index (χ1v) is 23.5. The van der Waals surface area contributed by atoms with Crippen LogP contribution in [0.15, 0.2) is 95.5 Å². The van der Waals surface area contributed by atoms with Gasteiger partial charge in [0, 0.05) is 16.7 Å². The summed E-state index contributed by atoms with van der Waals surface area (Å²) in [6.45, 7) is 2.05. The number of halogens is 7. The summed E-state index contributed by atoms with van der Waals surface area (Å²) < 4.78 is 17.3. The van der Waals surface area contributed by atoms with Gasteiger partial charge < -0.3 is 60.8 Å². The largest absolute Gasteiger partial charge is 0.508 e. The number of ether oxygens (including phenoxy) is 3. The number of aryl methyl sites for hydroxylation is 2. The fourth-order valence-corrected chi connectivity index (χ4v) is 7.69. The maximum absolute atomic E-state index is 11.9. The highest BCUT2D eigenvalue weighted by Crippen LogP contribution is 2.41. The fraction of sp³-hybridized carbons (Fsp3) is 0.125. The van der Waals surface area contributed by atoms with Crippen LogP contribution in [0.25, 0.3) is 0 Å². The smallest absolute Gasteiger partial charge is 0.322 e. The monoisotopic (exact) mass is 1180 g/mol. The summed E-state index contributed by atoms with van der Waals surface area (Å²) >= 11 is 39.8. The number of carbonyl (C=O) groups excluding carboxylic acids is 3. The van der Waals surface area contributed by atoms with E-state index in [1.165, 1.54) is 66.7 Å². The van der Waals surface area contributed by atoms with E-state index in [9.17, 15) is 44.1 Å². The number of nitrogens with one attached hydrogen (secondary N) is 3. The molecule has 0 aliphatic carbocycles. The molecule has 6 aromatic rings. The third-order valence-electron chi connectivity index (χ3n) is 9.16. The minimum Gasteiger partial charge on any atom is -0.508 e. The van der Waals surface area contributed by atoms with Gasteiger partial charge in [0.2, 0.25) is 0 Å². The van der Waals surface area contributed by atoms with Gasteiger partial charge in [0.25, 0.3) is 17.7 Å². The van der Waals surface area contributed by atoms with Crippen LogP contribution in [0.1, 0.15) is 49.1 Å². The van der Waals surface area contributed by atoms with Crippen LogP contribution in [0.3, 0.4) is 0 Å². The Balaban J connectivity index is 0.000000237. The summed E-state index contributed by atoms with van der Waals surface area (Å²) in [5.74, 6) is -3.36.